The van der Waals surface area contributed by atoms with Crippen molar-refractivity contribution < 1.29 is 8.96 Å². The van der Waals surface area contributed by atoms with Crippen LogP contribution in [0.2, 0.25) is 0 Å². The molecule has 0 unspecified atom stereocenters. The summed E-state index contributed by atoms with van der Waals surface area (Å²) < 4.78 is 27.6. The summed E-state index contributed by atoms with van der Waals surface area (Å²) in [5.41, 5.74) is 4.19. The second kappa shape index (κ2) is 7.50. The molecule has 0 N–H and O–H groups in total. The quantitative estimate of drug-likeness (QED) is 0.718. The monoisotopic (exact) mass is 391 g/mol. The molecule has 0 aliphatic carbocycles. The predicted octanol–water partition coefficient (Wildman–Crippen LogP) is 4.56. The van der Waals surface area contributed by atoms with E-state index in [1.54, 1.807) is 31.7 Å². The molecule has 5 heteroatoms. The van der Waals surface area contributed by atoms with Crippen LogP contribution in [0.15, 0.2) is 35.5 Å². The summed E-state index contributed by atoms with van der Waals surface area (Å²) in [5.74, 6) is -0.411. The molecule has 0 bridgehead atoms. The molecule has 1 heterocycles. The molecular formula is C21H24ClFNOP. The molecule has 0 atom stereocenters. The third-order valence-electron chi connectivity index (χ3n) is 4.43. The lowest BCUT2D eigenvalue weighted by molar-refractivity contribution is 0.588. The van der Waals surface area contributed by atoms with Gasteiger partial charge in [-0.15, -0.1) is 0 Å². The molecule has 0 aliphatic rings. The molecule has 0 amide bonds. The lowest BCUT2D eigenvalue weighted by Gasteiger charge is -2.12. The van der Waals surface area contributed by atoms with Gasteiger partial charge in [0.15, 0.2) is 0 Å². The van der Waals surface area contributed by atoms with E-state index in [0.717, 1.165) is 16.7 Å². The lowest BCUT2D eigenvalue weighted by Crippen LogP contribution is -2.30. The number of nitrogens with zero attached hydrogens (tertiary/aromatic N) is 1. The van der Waals surface area contributed by atoms with Gasteiger partial charge in [-0.05, 0) is 63.4 Å². The minimum atomic E-state index is -2.46. The Bertz CT molecular complexity index is 1040. The van der Waals surface area contributed by atoms with E-state index in [4.69, 9.17) is 11.6 Å². The predicted molar refractivity (Wildman–Crippen MR) is 112 cm³/mol. The Labute approximate surface area is 159 Å². The Balaban J connectivity index is 2.83. The Kier molecular flexibility index (Phi) is 5.95. The van der Waals surface area contributed by atoms with Crippen molar-refractivity contribution in [2.24, 2.45) is 0 Å². The molecule has 0 aliphatic heterocycles. The minimum Gasteiger partial charge on any atom is -0.318 e. The minimum absolute atomic E-state index is 0.312. The molecule has 2 nitrogen and oxygen atoms in total. The van der Waals surface area contributed by atoms with Crippen molar-refractivity contribution in [2.75, 3.05) is 13.3 Å². The first kappa shape index (κ1) is 20.6. The standard InChI is InChI=1S/C21H24ClFNOP/c1-12(2)15(5)20(22)19-14(4)10-13(3)18(21(19)23)16-8-9-17(24-11-16)26(6,7)25/h8-11H,4H2,1-3,5-7H3/b20-19-. The van der Waals surface area contributed by atoms with Gasteiger partial charge in [-0.25, -0.2) is 4.39 Å². The normalized spacial score (nSPS) is 12.8. The van der Waals surface area contributed by atoms with Crippen molar-refractivity contribution in [1.82, 2.24) is 4.98 Å². The van der Waals surface area contributed by atoms with Crippen molar-refractivity contribution in [3.8, 4) is 11.1 Å². The van der Waals surface area contributed by atoms with Crippen molar-refractivity contribution in [1.29, 1.82) is 0 Å². The van der Waals surface area contributed by atoms with Crippen LogP contribution in [0.25, 0.3) is 22.7 Å². The van der Waals surface area contributed by atoms with Gasteiger partial charge in [0.2, 0.25) is 0 Å². The van der Waals surface area contributed by atoms with E-state index >= 15 is 4.39 Å². The molecule has 26 heavy (non-hydrogen) atoms. The first-order valence-corrected chi connectivity index (χ1v) is 11.3. The van der Waals surface area contributed by atoms with Crippen LogP contribution in [-0.4, -0.2) is 18.3 Å². The molecule has 0 spiro atoms. The summed E-state index contributed by atoms with van der Waals surface area (Å²) in [6, 6.07) is 5.27. The van der Waals surface area contributed by atoms with Crippen LogP contribution in [0, 0.1) is 12.7 Å². The van der Waals surface area contributed by atoms with E-state index in [1.807, 2.05) is 33.8 Å². The van der Waals surface area contributed by atoms with Crippen LogP contribution in [-0.2, 0) is 4.57 Å². The van der Waals surface area contributed by atoms with Crippen molar-refractivity contribution in [3.05, 3.63) is 57.4 Å². The average Bonchev–Trinajstić information content (AvgIpc) is 2.53. The number of hydrogen-bond acceptors (Lipinski definition) is 2. The lowest BCUT2D eigenvalue weighted by atomic mass is 9.98. The number of pyridine rings is 1. The van der Waals surface area contributed by atoms with Gasteiger partial charge in [-0.1, -0.05) is 35.9 Å². The number of aromatic nitrogens is 1. The summed E-state index contributed by atoms with van der Waals surface area (Å²) in [4.78, 5) is 4.27. The van der Waals surface area contributed by atoms with Gasteiger partial charge >= 0.3 is 0 Å². The largest absolute Gasteiger partial charge is 0.318 e. The third-order valence-corrected chi connectivity index (χ3v) is 6.27. The molecule has 138 valence electrons. The molecule has 2 aromatic rings. The molecule has 0 radical (unpaired) electrons. The van der Waals surface area contributed by atoms with Gasteiger partial charge in [0.1, 0.15) is 13.0 Å². The van der Waals surface area contributed by atoms with Gasteiger partial charge in [0, 0.05) is 22.5 Å². The number of rotatable bonds is 3. The first-order chi connectivity index (χ1) is 11.9. The fourth-order valence-corrected chi connectivity index (χ4v) is 3.86. The van der Waals surface area contributed by atoms with Gasteiger partial charge in [0.05, 0.1) is 10.5 Å². The molecule has 2 rings (SSSR count). The van der Waals surface area contributed by atoms with E-state index in [0.29, 0.717) is 32.0 Å². The number of hydrogen-bond donors (Lipinski definition) is 0. The molecule has 1 aromatic carbocycles. The Morgan fingerprint density at radius 1 is 1.23 bits per heavy atom. The van der Waals surface area contributed by atoms with Crippen LogP contribution in [0.1, 0.15) is 26.3 Å². The molecular weight excluding hydrogens is 368 g/mol. The Morgan fingerprint density at radius 2 is 1.85 bits per heavy atom. The first-order valence-electron chi connectivity index (χ1n) is 8.29. The summed E-state index contributed by atoms with van der Waals surface area (Å²) >= 11 is 6.49. The van der Waals surface area contributed by atoms with Crippen LogP contribution in [0.4, 0.5) is 4.39 Å². The summed E-state index contributed by atoms with van der Waals surface area (Å²) in [6.07, 6.45) is 1.56. The summed E-state index contributed by atoms with van der Waals surface area (Å²) in [5, 5.41) is 1.22. The third kappa shape index (κ3) is 4.00. The zero-order valence-corrected chi connectivity index (χ0v) is 17.7. The second-order valence-corrected chi connectivity index (χ2v) is 10.6. The highest BCUT2D eigenvalue weighted by Crippen LogP contribution is 2.34. The summed E-state index contributed by atoms with van der Waals surface area (Å²) in [6.45, 7) is 14.9. The van der Waals surface area contributed by atoms with Crippen LogP contribution in [0.3, 0.4) is 0 Å². The van der Waals surface area contributed by atoms with Gasteiger partial charge in [-0.2, -0.15) is 0 Å². The maximum atomic E-state index is 15.4. The zero-order chi connectivity index (χ0) is 19.8. The number of benzene rings is 1. The van der Waals surface area contributed by atoms with Crippen molar-refractivity contribution >= 4 is 35.8 Å². The zero-order valence-electron chi connectivity index (χ0n) is 16.1. The van der Waals surface area contributed by atoms with E-state index in [9.17, 15) is 4.57 Å². The topological polar surface area (TPSA) is 30.0 Å². The van der Waals surface area contributed by atoms with Crippen LogP contribution < -0.4 is 15.9 Å². The van der Waals surface area contributed by atoms with E-state index in [-0.39, 0.29) is 0 Å². The smallest absolute Gasteiger partial charge is 0.140 e. The number of allylic oxidation sites excluding steroid dienone is 2. The highest BCUT2D eigenvalue weighted by Gasteiger charge is 2.17. The second-order valence-electron chi connectivity index (χ2n) is 7.11. The van der Waals surface area contributed by atoms with Gasteiger partial charge in [-0.3, -0.25) is 4.98 Å². The SMILES string of the molecule is C=c1cc(C)c(-c2ccc(P(C)(C)=O)nc2)c(F)/c1=C(\Cl)C(C)=C(C)C. The van der Waals surface area contributed by atoms with Crippen LogP contribution >= 0.6 is 18.7 Å². The molecule has 0 saturated carbocycles. The molecule has 1 aromatic heterocycles. The van der Waals surface area contributed by atoms with Gasteiger partial charge < -0.3 is 4.57 Å². The highest BCUT2D eigenvalue weighted by atomic mass is 35.5. The van der Waals surface area contributed by atoms with E-state index in [2.05, 4.69) is 11.6 Å². The molecule has 0 saturated heterocycles. The van der Waals surface area contributed by atoms with Gasteiger partial charge in [0.25, 0.3) is 0 Å². The van der Waals surface area contributed by atoms with Crippen molar-refractivity contribution in [2.45, 2.75) is 27.7 Å². The molecule has 0 fully saturated rings. The Hall–Kier alpha value is -1.70. The van der Waals surface area contributed by atoms with Crippen LogP contribution in [0.5, 0.6) is 0 Å². The maximum absolute atomic E-state index is 15.4. The summed E-state index contributed by atoms with van der Waals surface area (Å²) in [7, 11) is -2.46. The van der Waals surface area contributed by atoms with E-state index < -0.39 is 13.0 Å². The van der Waals surface area contributed by atoms with Crippen molar-refractivity contribution in [3.63, 3.8) is 0 Å². The maximum Gasteiger partial charge on any atom is 0.140 e. The highest BCUT2D eigenvalue weighted by molar-refractivity contribution is 7.69. The average molecular weight is 392 g/mol. The fourth-order valence-electron chi connectivity index (χ4n) is 2.70. The fraction of sp³-hybridized carbons (Fsp3) is 0.286. The van der Waals surface area contributed by atoms with E-state index in [1.165, 1.54) is 0 Å². The number of aryl methyl sites for hydroxylation is 1. The number of halogens is 2. The Morgan fingerprint density at radius 3 is 2.31 bits per heavy atom.